The molecule has 0 fully saturated rings. The number of carbonyl (C=O) groups is 1. The van der Waals surface area contributed by atoms with Gasteiger partial charge in [0.05, 0.1) is 6.20 Å². The van der Waals surface area contributed by atoms with Gasteiger partial charge in [0, 0.05) is 24.3 Å². The summed E-state index contributed by atoms with van der Waals surface area (Å²) < 4.78 is 5.62. The van der Waals surface area contributed by atoms with E-state index in [-0.39, 0.29) is 36.8 Å². The number of rotatable bonds is 6. The van der Waals surface area contributed by atoms with Crippen molar-refractivity contribution in [2.24, 2.45) is 0 Å². The maximum atomic E-state index is 11.9. The van der Waals surface area contributed by atoms with Crippen molar-refractivity contribution in [1.29, 1.82) is 0 Å². The summed E-state index contributed by atoms with van der Waals surface area (Å²) in [6, 6.07) is 10.9. The van der Waals surface area contributed by atoms with Crippen LogP contribution in [-0.2, 0) is 0 Å². The van der Waals surface area contributed by atoms with Crippen LogP contribution in [0.2, 0.25) is 0 Å². The van der Waals surface area contributed by atoms with Crippen molar-refractivity contribution in [3.05, 3.63) is 54.4 Å². The van der Waals surface area contributed by atoms with Crippen LogP contribution < -0.4 is 15.4 Å². The van der Waals surface area contributed by atoms with Crippen molar-refractivity contribution in [3.8, 4) is 11.5 Å². The van der Waals surface area contributed by atoms with Crippen molar-refractivity contribution in [1.82, 2.24) is 15.6 Å². The van der Waals surface area contributed by atoms with Crippen molar-refractivity contribution in [2.45, 2.75) is 13.0 Å². The predicted molar refractivity (Wildman–Crippen MR) is 96.1 cm³/mol. The van der Waals surface area contributed by atoms with Crippen LogP contribution in [0.15, 0.2) is 48.8 Å². The number of nitrogens with zero attached hydrogens (tertiary/aromatic N) is 1. The number of amides is 1. The summed E-state index contributed by atoms with van der Waals surface area (Å²) in [5.41, 5.74) is 0.608. The van der Waals surface area contributed by atoms with E-state index in [2.05, 4.69) is 15.6 Å². The van der Waals surface area contributed by atoms with Gasteiger partial charge < -0.3 is 15.4 Å². The third-order valence-electron chi connectivity index (χ3n) is 3.05. The van der Waals surface area contributed by atoms with Crippen LogP contribution in [0.25, 0.3) is 0 Å². The van der Waals surface area contributed by atoms with Crippen molar-refractivity contribution < 1.29 is 9.53 Å². The second-order valence-corrected chi connectivity index (χ2v) is 4.71. The largest absolute Gasteiger partial charge is 0.456 e. The van der Waals surface area contributed by atoms with E-state index in [4.69, 9.17) is 4.74 Å². The van der Waals surface area contributed by atoms with Gasteiger partial charge in [-0.25, -0.2) is 0 Å². The Morgan fingerprint density at radius 2 is 1.87 bits per heavy atom. The number of likely N-dealkylation sites (N-methyl/N-ethyl adjacent to an activating group) is 1. The van der Waals surface area contributed by atoms with Crippen molar-refractivity contribution >= 4 is 30.7 Å². The number of aromatic nitrogens is 1. The van der Waals surface area contributed by atoms with Crippen LogP contribution in [0.3, 0.4) is 0 Å². The quantitative estimate of drug-likeness (QED) is 0.833. The lowest BCUT2D eigenvalue weighted by atomic mass is 10.2. The Hall–Kier alpha value is -1.82. The lowest BCUT2D eigenvalue weighted by Crippen LogP contribution is -2.37. The Morgan fingerprint density at radius 3 is 2.43 bits per heavy atom. The molecule has 1 amide bonds. The molecule has 1 aromatic carbocycles. The highest BCUT2D eigenvalue weighted by Crippen LogP contribution is 2.20. The molecule has 23 heavy (non-hydrogen) atoms. The van der Waals surface area contributed by atoms with Crippen LogP contribution in [0, 0.1) is 0 Å². The topological polar surface area (TPSA) is 63.2 Å². The first-order valence-electron chi connectivity index (χ1n) is 6.82. The van der Waals surface area contributed by atoms with Crippen molar-refractivity contribution in [3.63, 3.8) is 0 Å². The molecule has 2 N–H and O–H groups in total. The Balaban J connectivity index is 0.00000242. The summed E-state index contributed by atoms with van der Waals surface area (Å²) in [4.78, 5) is 15.9. The highest BCUT2D eigenvalue weighted by atomic mass is 35.5. The second kappa shape index (κ2) is 10.8. The lowest BCUT2D eigenvalue weighted by Gasteiger charge is -2.11. The summed E-state index contributed by atoms with van der Waals surface area (Å²) in [5, 5.41) is 5.93. The third kappa shape index (κ3) is 6.86. The summed E-state index contributed by atoms with van der Waals surface area (Å²) in [5.74, 6) is 1.24. The van der Waals surface area contributed by atoms with Gasteiger partial charge in [-0.2, -0.15) is 0 Å². The third-order valence-corrected chi connectivity index (χ3v) is 3.05. The van der Waals surface area contributed by atoms with E-state index in [1.54, 1.807) is 42.7 Å². The minimum Gasteiger partial charge on any atom is -0.456 e. The average molecular weight is 358 g/mol. The minimum absolute atomic E-state index is 0. The second-order valence-electron chi connectivity index (χ2n) is 4.71. The number of hydrogen-bond acceptors (Lipinski definition) is 4. The van der Waals surface area contributed by atoms with Gasteiger partial charge in [-0.05, 0) is 50.4 Å². The van der Waals surface area contributed by atoms with E-state index in [1.807, 2.05) is 20.0 Å². The molecule has 0 aliphatic rings. The molecule has 5 nitrogen and oxygen atoms in total. The van der Waals surface area contributed by atoms with Gasteiger partial charge in [-0.15, -0.1) is 24.8 Å². The maximum absolute atomic E-state index is 11.9. The molecule has 2 rings (SSSR count). The zero-order valence-corrected chi connectivity index (χ0v) is 14.6. The number of carbonyl (C=O) groups excluding carboxylic acids is 1. The molecule has 0 saturated carbocycles. The van der Waals surface area contributed by atoms with E-state index in [1.165, 1.54) is 0 Å². The van der Waals surface area contributed by atoms with E-state index in [0.29, 0.717) is 23.6 Å². The van der Waals surface area contributed by atoms with Crippen molar-refractivity contribution in [2.75, 3.05) is 13.6 Å². The van der Waals surface area contributed by atoms with Crippen LogP contribution in [-0.4, -0.2) is 30.5 Å². The predicted octanol–water partition coefficient (Wildman–Crippen LogP) is 3.06. The first-order valence-corrected chi connectivity index (χ1v) is 6.82. The molecule has 7 heteroatoms. The molecular weight excluding hydrogens is 337 g/mol. The zero-order valence-electron chi connectivity index (χ0n) is 13.0. The van der Waals surface area contributed by atoms with Crippen LogP contribution >= 0.6 is 24.8 Å². The van der Waals surface area contributed by atoms with Gasteiger partial charge in [-0.3, -0.25) is 9.78 Å². The first-order chi connectivity index (χ1) is 10.2. The van der Waals surface area contributed by atoms with Crippen LogP contribution in [0.5, 0.6) is 11.5 Å². The summed E-state index contributed by atoms with van der Waals surface area (Å²) in [6.07, 6.45) is 3.33. The fraction of sp³-hybridized carbons (Fsp3) is 0.250. The Kier molecular flexibility index (Phi) is 9.97. The Morgan fingerprint density at radius 1 is 1.17 bits per heavy atom. The lowest BCUT2D eigenvalue weighted by molar-refractivity contribution is 0.0950. The summed E-state index contributed by atoms with van der Waals surface area (Å²) in [7, 11) is 1.86. The smallest absolute Gasteiger partial charge is 0.251 e. The van der Waals surface area contributed by atoms with Gasteiger partial charge in [0.25, 0.3) is 5.91 Å². The number of benzene rings is 1. The normalized spacial score (nSPS) is 10.7. The van der Waals surface area contributed by atoms with E-state index in [9.17, 15) is 4.79 Å². The summed E-state index contributed by atoms with van der Waals surface area (Å²) in [6.45, 7) is 2.59. The molecule has 0 spiro atoms. The zero-order chi connectivity index (χ0) is 15.1. The van der Waals surface area contributed by atoms with Crippen LogP contribution in [0.1, 0.15) is 17.3 Å². The molecule has 0 bridgehead atoms. The fourth-order valence-corrected chi connectivity index (χ4v) is 1.67. The average Bonchev–Trinajstić information content (AvgIpc) is 2.54. The molecule has 0 radical (unpaired) electrons. The molecule has 1 heterocycles. The maximum Gasteiger partial charge on any atom is 0.251 e. The highest BCUT2D eigenvalue weighted by Gasteiger charge is 2.07. The minimum atomic E-state index is -0.0926. The van der Waals surface area contributed by atoms with Gasteiger partial charge >= 0.3 is 0 Å². The number of halogens is 2. The van der Waals surface area contributed by atoms with Gasteiger partial charge in [-0.1, -0.05) is 0 Å². The fourth-order valence-electron chi connectivity index (χ4n) is 1.67. The number of nitrogens with one attached hydrogen (secondary N) is 2. The van der Waals surface area contributed by atoms with E-state index in [0.717, 1.165) is 0 Å². The Bertz CT molecular complexity index is 580. The van der Waals surface area contributed by atoms with E-state index < -0.39 is 0 Å². The highest BCUT2D eigenvalue weighted by molar-refractivity contribution is 5.94. The monoisotopic (exact) mass is 357 g/mol. The van der Waals surface area contributed by atoms with E-state index >= 15 is 0 Å². The molecule has 2 aromatic rings. The molecule has 1 atom stereocenters. The first kappa shape index (κ1) is 21.2. The SMILES string of the molecule is CNC(C)CNC(=O)c1ccc(Oc2cccnc2)cc1.Cl.Cl. The van der Waals surface area contributed by atoms with Gasteiger partial charge in [0.15, 0.2) is 0 Å². The molecule has 0 aliphatic carbocycles. The standard InChI is InChI=1S/C16H19N3O2.2ClH/c1-12(17-2)10-19-16(20)13-5-7-14(8-6-13)21-15-4-3-9-18-11-15;;/h3-9,11-12,17H,10H2,1-2H3,(H,19,20);2*1H. The molecule has 126 valence electrons. The number of ether oxygens (including phenoxy) is 1. The summed E-state index contributed by atoms with van der Waals surface area (Å²) >= 11 is 0. The number of hydrogen-bond donors (Lipinski definition) is 2. The Labute approximate surface area is 148 Å². The van der Waals surface area contributed by atoms with Crippen LogP contribution in [0.4, 0.5) is 0 Å². The molecule has 0 saturated heterocycles. The van der Waals surface area contributed by atoms with Gasteiger partial charge in [0.2, 0.25) is 0 Å². The molecular formula is C16H21Cl2N3O2. The molecule has 0 aliphatic heterocycles. The molecule has 1 unspecified atom stereocenters. The van der Waals surface area contributed by atoms with Gasteiger partial charge in [0.1, 0.15) is 11.5 Å². The number of pyridine rings is 1. The molecule has 1 aromatic heterocycles.